The van der Waals surface area contributed by atoms with Crippen molar-refractivity contribution in [3.05, 3.63) is 0 Å². The molecular weight excluding hydrogens is 246 g/mol. The standard InChI is InChI=1S/C15H26ClNO/c1-12(16)15(18)17(13-8-4-2-5-9-13)14-10-6-3-7-11-14/h12-14H,2-11H2,1H3. The highest BCUT2D eigenvalue weighted by Crippen LogP contribution is 2.31. The van der Waals surface area contributed by atoms with Gasteiger partial charge in [-0.1, -0.05) is 38.5 Å². The highest BCUT2D eigenvalue weighted by atomic mass is 35.5. The predicted molar refractivity (Wildman–Crippen MR) is 75.9 cm³/mol. The van der Waals surface area contributed by atoms with E-state index in [1.807, 2.05) is 6.92 Å². The van der Waals surface area contributed by atoms with Gasteiger partial charge in [-0.15, -0.1) is 11.6 Å². The number of halogens is 1. The normalized spacial score (nSPS) is 24.8. The fourth-order valence-electron chi connectivity index (χ4n) is 3.58. The molecule has 0 aromatic rings. The van der Waals surface area contributed by atoms with Crippen molar-refractivity contribution in [3.8, 4) is 0 Å². The molecule has 0 aromatic heterocycles. The Bertz CT molecular complexity index is 250. The lowest BCUT2D eigenvalue weighted by Gasteiger charge is -2.42. The minimum atomic E-state index is -0.367. The molecule has 1 atom stereocenters. The second kappa shape index (κ2) is 6.79. The topological polar surface area (TPSA) is 20.3 Å². The van der Waals surface area contributed by atoms with Crippen LogP contribution >= 0.6 is 11.6 Å². The molecule has 1 amide bonds. The first-order valence-electron chi connectivity index (χ1n) is 7.66. The van der Waals surface area contributed by atoms with E-state index in [2.05, 4.69) is 4.90 Å². The zero-order valence-electron chi connectivity index (χ0n) is 11.5. The maximum atomic E-state index is 12.4. The van der Waals surface area contributed by atoms with E-state index in [0.717, 1.165) is 0 Å². The molecule has 104 valence electrons. The summed E-state index contributed by atoms with van der Waals surface area (Å²) in [6, 6.07) is 0.936. The van der Waals surface area contributed by atoms with Crippen molar-refractivity contribution in [2.24, 2.45) is 0 Å². The van der Waals surface area contributed by atoms with Gasteiger partial charge in [-0.2, -0.15) is 0 Å². The Labute approximate surface area is 116 Å². The lowest BCUT2D eigenvalue weighted by atomic mass is 9.88. The van der Waals surface area contributed by atoms with Crippen molar-refractivity contribution >= 4 is 17.5 Å². The SMILES string of the molecule is CC(Cl)C(=O)N(C1CCCCC1)C1CCCCC1. The Kier molecular flexibility index (Phi) is 5.35. The summed E-state index contributed by atoms with van der Waals surface area (Å²) in [5.74, 6) is 0.176. The number of carbonyl (C=O) groups is 1. The molecule has 3 heteroatoms. The third kappa shape index (κ3) is 3.40. The van der Waals surface area contributed by atoms with Crippen LogP contribution in [0.1, 0.15) is 71.1 Å². The van der Waals surface area contributed by atoms with E-state index in [9.17, 15) is 4.79 Å². The van der Waals surface area contributed by atoms with Crippen LogP contribution in [0.2, 0.25) is 0 Å². The molecular formula is C15H26ClNO. The van der Waals surface area contributed by atoms with Crippen LogP contribution in [0, 0.1) is 0 Å². The predicted octanol–water partition coefficient (Wildman–Crippen LogP) is 4.11. The lowest BCUT2D eigenvalue weighted by Crippen LogP contribution is -2.51. The second-order valence-corrected chi connectivity index (χ2v) is 6.60. The number of amides is 1. The zero-order chi connectivity index (χ0) is 13.0. The molecule has 18 heavy (non-hydrogen) atoms. The Hall–Kier alpha value is -0.240. The highest BCUT2D eigenvalue weighted by molar-refractivity contribution is 6.30. The van der Waals surface area contributed by atoms with Gasteiger partial charge in [-0.25, -0.2) is 0 Å². The number of nitrogens with zero attached hydrogens (tertiary/aromatic N) is 1. The van der Waals surface area contributed by atoms with E-state index in [1.54, 1.807) is 0 Å². The molecule has 0 spiro atoms. The molecule has 0 N–H and O–H groups in total. The average molecular weight is 272 g/mol. The maximum absolute atomic E-state index is 12.4. The zero-order valence-corrected chi connectivity index (χ0v) is 12.3. The number of hydrogen-bond donors (Lipinski definition) is 0. The number of alkyl halides is 1. The Morgan fingerprint density at radius 1 is 0.944 bits per heavy atom. The van der Waals surface area contributed by atoms with Crippen LogP contribution in [-0.2, 0) is 4.79 Å². The highest BCUT2D eigenvalue weighted by Gasteiger charge is 2.33. The summed E-state index contributed by atoms with van der Waals surface area (Å²) in [4.78, 5) is 14.6. The number of rotatable bonds is 3. The van der Waals surface area contributed by atoms with Gasteiger partial charge in [-0.3, -0.25) is 4.79 Å². The molecule has 0 heterocycles. The van der Waals surface area contributed by atoms with E-state index in [4.69, 9.17) is 11.6 Å². The minimum Gasteiger partial charge on any atom is -0.335 e. The van der Waals surface area contributed by atoms with E-state index < -0.39 is 0 Å². The molecule has 0 radical (unpaired) electrons. The molecule has 2 aliphatic rings. The summed E-state index contributed by atoms with van der Waals surface area (Å²) in [6.07, 6.45) is 12.5. The van der Waals surface area contributed by atoms with Gasteiger partial charge in [0.15, 0.2) is 0 Å². The van der Waals surface area contributed by atoms with E-state index in [1.165, 1.54) is 64.2 Å². The van der Waals surface area contributed by atoms with Crippen LogP contribution in [-0.4, -0.2) is 28.3 Å². The van der Waals surface area contributed by atoms with Gasteiger partial charge in [0.05, 0.1) is 0 Å². The van der Waals surface area contributed by atoms with E-state index >= 15 is 0 Å². The smallest absolute Gasteiger partial charge is 0.240 e. The monoisotopic (exact) mass is 271 g/mol. The molecule has 1 unspecified atom stereocenters. The fraction of sp³-hybridized carbons (Fsp3) is 0.933. The van der Waals surface area contributed by atoms with Crippen molar-refractivity contribution in [3.63, 3.8) is 0 Å². The first-order chi connectivity index (χ1) is 8.70. The van der Waals surface area contributed by atoms with Gasteiger partial charge >= 0.3 is 0 Å². The molecule has 2 saturated carbocycles. The van der Waals surface area contributed by atoms with Crippen LogP contribution in [0.15, 0.2) is 0 Å². The largest absolute Gasteiger partial charge is 0.335 e. The third-order valence-electron chi connectivity index (χ3n) is 4.53. The molecule has 2 aliphatic carbocycles. The van der Waals surface area contributed by atoms with Crippen LogP contribution in [0.3, 0.4) is 0 Å². The van der Waals surface area contributed by atoms with Gasteiger partial charge in [0.2, 0.25) is 5.91 Å². The van der Waals surface area contributed by atoms with Crippen LogP contribution in [0.5, 0.6) is 0 Å². The average Bonchev–Trinajstić information content (AvgIpc) is 2.41. The van der Waals surface area contributed by atoms with Crippen molar-refractivity contribution in [1.29, 1.82) is 0 Å². The second-order valence-electron chi connectivity index (χ2n) is 5.95. The molecule has 2 fully saturated rings. The summed E-state index contributed by atoms with van der Waals surface area (Å²) in [7, 11) is 0. The van der Waals surface area contributed by atoms with Crippen molar-refractivity contribution in [2.45, 2.75) is 88.6 Å². The molecule has 0 saturated heterocycles. The molecule has 2 rings (SSSR count). The first kappa shape index (κ1) is 14.2. The van der Waals surface area contributed by atoms with Gasteiger partial charge in [-0.05, 0) is 32.6 Å². The molecule has 0 aromatic carbocycles. The molecule has 0 aliphatic heterocycles. The minimum absolute atomic E-state index is 0.176. The molecule has 2 nitrogen and oxygen atoms in total. The quantitative estimate of drug-likeness (QED) is 0.708. The Morgan fingerprint density at radius 3 is 1.67 bits per heavy atom. The third-order valence-corrected chi connectivity index (χ3v) is 4.72. The van der Waals surface area contributed by atoms with Crippen LogP contribution < -0.4 is 0 Å². The Morgan fingerprint density at radius 2 is 1.33 bits per heavy atom. The van der Waals surface area contributed by atoms with Gasteiger partial charge in [0, 0.05) is 12.1 Å². The van der Waals surface area contributed by atoms with Gasteiger partial charge < -0.3 is 4.90 Å². The van der Waals surface area contributed by atoms with Crippen molar-refractivity contribution in [2.75, 3.05) is 0 Å². The summed E-state index contributed by atoms with van der Waals surface area (Å²) >= 11 is 6.07. The van der Waals surface area contributed by atoms with Crippen molar-refractivity contribution < 1.29 is 4.79 Å². The van der Waals surface area contributed by atoms with Crippen molar-refractivity contribution in [1.82, 2.24) is 4.90 Å². The summed E-state index contributed by atoms with van der Waals surface area (Å²) in [5.41, 5.74) is 0. The number of carbonyl (C=O) groups excluding carboxylic acids is 1. The number of hydrogen-bond acceptors (Lipinski definition) is 1. The van der Waals surface area contributed by atoms with E-state index in [-0.39, 0.29) is 11.3 Å². The lowest BCUT2D eigenvalue weighted by molar-refractivity contribution is -0.137. The van der Waals surface area contributed by atoms with Crippen LogP contribution in [0.25, 0.3) is 0 Å². The first-order valence-corrected chi connectivity index (χ1v) is 8.10. The fourth-order valence-corrected chi connectivity index (χ4v) is 3.69. The Balaban J connectivity index is 2.07. The summed E-state index contributed by atoms with van der Waals surface area (Å²) in [6.45, 7) is 1.82. The van der Waals surface area contributed by atoms with Crippen LogP contribution in [0.4, 0.5) is 0 Å². The maximum Gasteiger partial charge on any atom is 0.240 e. The molecule has 0 bridgehead atoms. The van der Waals surface area contributed by atoms with E-state index in [0.29, 0.717) is 12.1 Å². The summed E-state index contributed by atoms with van der Waals surface area (Å²) in [5, 5.41) is -0.367. The van der Waals surface area contributed by atoms with Gasteiger partial charge in [0.1, 0.15) is 5.38 Å². The summed E-state index contributed by atoms with van der Waals surface area (Å²) < 4.78 is 0. The van der Waals surface area contributed by atoms with Gasteiger partial charge in [0.25, 0.3) is 0 Å².